The molecule has 6 rings (SSSR count). The molecule has 0 saturated heterocycles. The number of nitrogens with zero attached hydrogens (tertiary/aromatic N) is 6. The molecule has 0 bridgehead atoms. The van der Waals surface area contributed by atoms with E-state index in [1.807, 2.05) is 12.3 Å². The van der Waals surface area contributed by atoms with Crippen molar-refractivity contribution < 1.29 is 0 Å². The summed E-state index contributed by atoms with van der Waals surface area (Å²) < 4.78 is 0. The van der Waals surface area contributed by atoms with Crippen LogP contribution in [0.4, 0.5) is 0 Å². The Balaban J connectivity index is 1.52. The first kappa shape index (κ1) is 16.9. The average Bonchev–Trinajstić information content (AvgIpc) is 3.51. The van der Waals surface area contributed by atoms with E-state index in [1.165, 1.54) is 4.88 Å². The normalized spacial score (nSPS) is 11.5. The van der Waals surface area contributed by atoms with Gasteiger partial charge in [-0.25, -0.2) is 4.98 Å². The summed E-state index contributed by atoms with van der Waals surface area (Å²) >= 11 is 1.73. The number of H-pyrrole nitrogens is 2. The minimum atomic E-state index is 0.676. The van der Waals surface area contributed by atoms with E-state index in [0.717, 1.165) is 43.8 Å². The highest BCUT2D eigenvalue weighted by atomic mass is 32.1. The van der Waals surface area contributed by atoms with Crippen LogP contribution in [-0.2, 0) is 0 Å². The SMILES string of the molecule is Cc1ccc(-c2cncc3[nH]c(-c4n[nH]c5cnc(-c6cnccn6)cc45)nc23)s1. The molecule has 6 aromatic heterocycles. The van der Waals surface area contributed by atoms with E-state index in [2.05, 4.69) is 54.2 Å². The van der Waals surface area contributed by atoms with Gasteiger partial charge in [-0.2, -0.15) is 5.10 Å². The van der Waals surface area contributed by atoms with Crippen molar-refractivity contribution in [3.8, 4) is 33.3 Å². The van der Waals surface area contributed by atoms with Crippen LogP contribution < -0.4 is 0 Å². The van der Waals surface area contributed by atoms with Crippen LogP contribution in [0, 0.1) is 6.92 Å². The Kier molecular flexibility index (Phi) is 3.68. The predicted molar refractivity (Wildman–Crippen MR) is 116 cm³/mol. The Morgan fingerprint density at radius 1 is 0.900 bits per heavy atom. The quantitative estimate of drug-likeness (QED) is 0.448. The molecule has 0 unspecified atom stereocenters. The number of aryl methyl sites for hydroxylation is 1. The summed E-state index contributed by atoms with van der Waals surface area (Å²) in [5.74, 6) is 0.676. The van der Waals surface area contributed by atoms with Gasteiger partial charge in [-0.1, -0.05) is 0 Å². The number of fused-ring (bicyclic) bond motifs is 2. The third-order valence-electron chi connectivity index (χ3n) is 4.90. The number of aromatic nitrogens is 8. The van der Waals surface area contributed by atoms with E-state index in [9.17, 15) is 0 Å². The standard InChI is InChI=1S/C21H14N8S/c1-11-2-3-18(30-11)13-7-23-9-17-19(13)27-21(26-17)20-12-6-14(16-8-22-4-5-24-16)25-10-15(12)28-29-20/h2-10H,1H3,(H,26,27)(H,28,29). The summed E-state index contributed by atoms with van der Waals surface area (Å²) in [6.07, 6.45) is 10.4. The monoisotopic (exact) mass is 410 g/mol. The molecule has 0 fully saturated rings. The van der Waals surface area contributed by atoms with Gasteiger partial charge in [-0.05, 0) is 25.1 Å². The van der Waals surface area contributed by atoms with E-state index in [1.54, 1.807) is 42.3 Å². The Bertz CT molecular complexity index is 1510. The number of nitrogens with one attached hydrogen (secondary N) is 2. The zero-order valence-electron chi connectivity index (χ0n) is 15.8. The number of pyridine rings is 2. The third kappa shape index (κ3) is 2.67. The molecule has 0 aliphatic carbocycles. The lowest BCUT2D eigenvalue weighted by molar-refractivity contribution is 1.10. The number of hydrogen-bond donors (Lipinski definition) is 2. The van der Waals surface area contributed by atoms with Gasteiger partial charge < -0.3 is 4.98 Å². The number of thiophene rings is 1. The van der Waals surface area contributed by atoms with Gasteiger partial charge in [0.15, 0.2) is 5.82 Å². The van der Waals surface area contributed by atoms with Gasteiger partial charge in [0.05, 0.1) is 35.3 Å². The number of rotatable bonds is 3. The van der Waals surface area contributed by atoms with Gasteiger partial charge in [0.25, 0.3) is 0 Å². The van der Waals surface area contributed by atoms with Gasteiger partial charge >= 0.3 is 0 Å². The van der Waals surface area contributed by atoms with Crippen LogP contribution in [0.5, 0.6) is 0 Å². The Morgan fingerprint density at radius 3 is 2.70 bits per heavy atom. The fourth-order valence-corrected chi connectivity index (χ4v) is 4.35. The van der Waals surface area contributed by atoms with E-state index >= 15 is 0 Å². The van der Waals surface area contributed by atoms with Gasteiger partial charge in [0.1, 0.15) is 16.9 Å². The van der Waals surface area contributed by atoms with Crippen LogP contribution in [0.15, 0.2) is 55.4 Å². The number of aromatic amines is 2. The van der Waals surface area contributed by atoms with Crippen molar-refractivity contribution in [3.05, 3.63) is 60.3 Å². The maximum atomic E-state index is 4.87. The highest BCUT2D eigenvalue weighted by molar-refractivity contribution is 7.15. The molecule has 144 valence electrons. The molecule has 0 aromatic carbocycles. The first-order valence-corrected chi connectivity index (χ1v) is 10.1. The Labute approximate surface area is 174 Å². The van der Waals surface area contributed by atoms with Crippen molar-refractivity contribution in [1.29, 1.82) is 0 Å². The Hall–Kier alpha value is -3.98. The van der Waals surface area contributed by atoms with Crippen molar-refractivity contribution in [2.75, 3.05) is 0 Å². The van der Waals surface area contributed by atoms with Crippen molar-refractivity contribution in [1.82, 2.24) is 40.1 Å². The number of imidazole rings is 1. The summed E-state index contributed by atoms with van der Waals surface area (Å²) in [5.41, 5.74) is 5.73. The Morgan fingerprint density at radius 2 is 1.87 bits per heavy atom. The minimum absolute atomic E-state index is 0.676. The molecule has 6 aromatic rings. The molecule has 0 radical (unpaired) electrons. The molecule has 0 spiro atoms. The second kappa shape index (κ2) is 6.53. The second-order valence-corrected chi connectivity index (χ2v) is 8.14. The predicted octanol–water partition coefficient (Wildman–Crippen LogP) is 4.39. The van der Waals surface area contributed by atoms with Gasteiger partial charge in [-0.3, -0.25) is 25.0 Å². The summed E-state index contributed by atoms with van der Waals surface area (Å²) in [6, 6.07) is 6.16. The smallest absolute Gasteiger partial charge is 0.159 e. The molecular formula is C21H14N8S. The molecule has 0 atom stereocenters. The number of hydrogen-bond acceptors (Lipinski definition) is 7. The maximum absolute atomic E-state index is 4.87. The maximum Gasteiger partial charge on any atom is 0.159 e. The lowest BCUT2D eigenvalue weighted by Crippen LogP contribution is -1.88. The molecule has 0 saturated carbocycles. The van der Waals surface area contributed by atoms with Crippen molar-refractivity contribution in [3.63, 3.8) is 0 Å². The summed E-state index contributed by atoms with van der Waals surface area (Å²) in [4.78, 5) is 28.0. The molecule has 6 heterocycles. The van der Waals surface area contributed by atoms with Gasteiger partial charge in [0, 0.05) is 39.3 Å². The lowest BCUT2D eigenvalue weighted by Gasteiger charge is -1.99. The molecule has 0 aliphatic heterocycles. The zero-order valence-corrected chi connectivity index (χ0v) is 16.6. The van der Waals surface area contributed by atoms with E-state index < -0.39 is 0 Å². The van der Waals surface area contributed by atoms with Gasteiger partial charge in [-0.15, -0.1) is 11.3 Å². The summed E-state index contributed by atoms with van der Waals surface area (Å²) in [6.45, 7) is 2.09. The lowest BCUT2D eigenvalue weighted by atomic mass is 10.2. The van der Waals surface area contributed by atoms with E-state index in [-0.39, 0.29) is 0 Å². The minimum Gasteiger partial charge on any atom is -0.335 e. The van der Waals surface area contributed by atoms with Crippen LogP contribution in [0.2, 0.25) is 0 Å². The first-order chi connectivity index (χ1) is 14.8. The largest absolute Gasteiger partial charge is 0.335 e. The molecular weight excluding hydrogens is 396 g/mol. The van der Waals surface area contributed by atoms with E-state index in [0.29, 0.717) is 11.5 Å². The van der Waals surface area contributed by atoms with Crippen molar-refractivity contribution in [2.24, 2.45) is 0 Å². The van der Waals surface area contributed by atoms with Crippen LogP contribution in [0.1, 0.15) is 4.88 Å². The average molecular weight is 410 g/mol. The van der Waals surface area contributed by atoms with E-state index in [4.69, 9.17) is 4.98 Å². The molecule has 0 amide bonds. The molecule has 8 nitrogen and oxygen atoms in total. The highest BCUT2D eigenvalue weighted by Crippen LogP contribution is 2.34. The van der Waals surface area contributed by atoms with Crippen LogP contribution >= 0.6 is 11.3 Å². The summed E-state index contributed by atoms with van der Waals surface area (Å²) in [5, 5.41) is 8.44. The molecule has 2 N–H and O–H groups in total. The van der Waals surface area contributed by atoms with Crippen LogP contribution in [0.25, 0.3) is 55.3 Å². The fourth-order valence-electron chi connectivity index (χ4n) is 3.47. The molecule has 30 heavy (non-hydrogen) atoms. The summed E-state index contributed by atoms with van der Waals surface area (Å²) in [7, 11) is 0. The zero-order chi connectivity index (χ0) is 20.1. The van der Waals surface area contributed by atoms with Crippen molar-refractivity contribution in [2.45, 2.75) is 6.92 Å². The fraction of sp³-hybridized carbons (Fsp3) is 0.0476. The highest BCUT2D eigenvalue weighted by Gasteiger charge is 2.17. The topological polar surface area (TPSA) is 109 Å². The van der Waals surface area contributed by atoms with Gasteiger partial charge in [0.2, 0.25) is 0 Å². The second-order valence-electron chi connectivity index (χ2n) is 6.86. The van der Waals surface area contributed by atoms with Crippen LogP contribution in [-0.4, -0.2) is 40.1 Å². The molecule has 0 aliphatic rings. The molecule has 9 heteroatoms. The van der Waals surface area contributed by atoms with Crippen molar-refractivity contribution >= 4 is 33.3 Å². The van der Waals surface area contributed by atoms with Crippen LogP contribution in [0.3, 0.4) is 0 Å². The third-order valence-corrected chi connectivity index (χ3v) is 5.93. The first-order valence-electron chi connectivity index (χ1n) is 9.28.